The predicted octanol–water partition coefficient (Wildman–Crippen LogP) is 5.30. The summed E-state index contributed by atoms with van der Waals surface area (Å²) >= 11 is 3.55. The molecule has 2 aromatic rings. The fraction of sp³-hybridized carbons (Fsp3) is 0.316. The largest absolute Gasteiger partial charge is 0.488 e. The number of anilines is 1. The predicted molar refractivity (Wildman–Crippen MR) is 98.0 cm³/mol. The molecular weight excluding hydrogens is 354 g/mol. The number of hydrogen-bond donors (Lipinski definition) is 1. The molecule has 4 heteroatoms. The zero-order valence-corrected chi connectivity index (χ0v) is 15.6. The Morgan fingerprint density at radius 2 is 1.83 bits per heavy atom. The zero-order valence-electron chi connectivity index (χ0n) is 14.0. The van der Waals surface area contributed by atoms with E-state index in [2.05, 4.69) is 41.2 Å². The molecule has 0 aliphatic rings. The lowest BCUT2D eigenvalue weighted by atomic mass is 10.1. The second kappa shape index (κ2) is 7.64. The topological polar surface area (TPSA) is 38.3 Å². The quantitative estimate of drug-likeness (QED) is 0.769. The zero-order chi connectivity index (χ0) is 17.0. The summed E-state index contributed by atoms with van der Waals surface area (Å²) in [5, 5.41) is 2.94. The number of carbonyl (C=O) groups is 1. The molecule has 3 nitrogen and oxygen atoms in total. The number of carbonyl (C=O) groups excluding carboxylic acids is 1. The Morgan fingerprint density at radius 3 is 2.52 bits per heavy atom. The standard InChI is InChI=1S/C19H22BrNO2/c1-5-19(22)21-17-8-6-7-12(2)15(17)11-23-18-10-14(4)13(3)9-16(18)20/h6-10H,5,11H2,1-4H3,(H,21,22). The Kier molecular flexibility index (Phi) is 5.83. The van der Waals surface area contributed by atoms with Crippen molar-refractivity contribution >= 4 is 27.5 Å². The van der Waals surface area contributed by atoms with Gasteiger partial charge in [0.2, 0.25) is 5.91 Å². The van der Waals surface area contributed by atoms with Crippen LogP contribution in [0.2, 0.25) is 0 Å². The molecule has 0 bridgehead atoms. The van der Waals surface area contributed by atoms with E-state index in [1.165, 1.54) is 11.1 Å². The maximum absolute atomic E-state index is 11.7. The summed E-state index contributed by atoms with van der Waals surface area (Å²) in [6.07, 6.45) is 0.455. The highest BCUT2D eigenvalue weighted by atomic mass is 79.9. The average Bonchev–Trinajstić information content (AvgIpc) is 2.51. The summed E-state index contributed by atoms with van der Waals surface area (Å²) in [5.74, 6) is 0.813. The van der Waals surface area contributed by atoms with Crippen molar-refractivity contribution in [3.8, 4) is 5.75 Å². The molecule has 2 aromatic carbocycles. The van der Waals surface area contributed by atoms with Crippen LogP contribution in [0.3, 0.4) is 0 Å². The molecule has 1 amide bonds. The lowest BCUT2D eigenvalue weighted by molar-refractivity contribution is -0.115. The first-order chi connectivity index (χ1) is 10.9. The van der Waals surface area contributed by atoms with Crippen LogP contribution in [-0.4, -0.2) is 5.91 Å². The smallest absolute Gasteiger partial charge is 0.224 e. The third kappa shape index (κ3) is 4.35. The minimum absolute atomic E-state index is 0.00390. The summed E-state index contributed by atoms with van der Waals surface area (Å²) in [5.41, 5.74) is 5.32. The summed E-state index contributed by atoms with van der Waals surface area (Å²) in [6.45, 7) is 8.41. The molecule has 0 spiro atoms. The fourth-order valence-electron chi connectivity index (χ4n) is 2.26. The van der Waals surface area contributed by atoms with Gasteiger partial charge in [0, 0.05) is 17.7 Å². The first-order valence-corrected chi connectivity index (χ1v) is 8.49. The summed E-state index contributed by atoms with van der Waals surface area (Å²) < 4.78 is 6.94. The number of nitrogens with one attached hydrogen (secondary N) is 1. The van der Waals surface area contributed by atoms with Gasteiger partial charge in [-0.3, -0.25) is 4.79 Å². The van der Waals surface area contributed by atoms with Crippen molar-refractivity contribution in [2.75, 3.05) is 5.32 Å². The molecule has 0 unspecified atom stereocenters. The Labute approximate surface area is 146 Å². The van der Waals surface area contributed by atoms with Crippen LogP contribution in [0.25, 0.3) is 0 Å². The van der Waals surface area contributed by atoms with Crippen molar-refractivity contribution in [2.45, 2.75) is 40.7 Å². The van der Waals surface area contributed by atoms with Gasteiger partial charge in [0.15, 0.2) is 0 Å². The minimum Gasteiger partial charge on any atom is -0.488 e. The van der Waals surface area contributed by atoms with Gasteiger partial charge >= 0.3 is 0 Å². The summed E-state index contributed by atoms with van der Waals surface area (Å²) in [4.78, 5) is 11.7. The molecule has 0 heterocycles. The van der Waals surface area contributed by atoms with Gasteiger partial charge in [-0.1, -0.05) is 19.1 Å². The summed E-state index contributed by atoms with van der Waals surface area (Å²) in [6, 6.07) is 9.96. The van der Waals surface area contributed by atoms with E-state index in [1.54, 1.807) is 0 Å². The van der Waals surface area contributed by atoms with E-state index in [-0.39, 0.29) is 5.91 Å². The molecule has 0 radical (unpaired) electrons. The SMILES string of the molecule is CCC(=O)Nc1cccc(C)c1COc1cc(C)c(C)cc1Br. The monoisotopic (exact) mass is 375 g/mol. The number of hydrogen-bond acceptors (Lipinski definition) is 2. The molecule has 23 heavy (non-hydrogen) atoms. The normalized spacial score (nSPS) is 10.5. The highest BCUT2D eigenvalue weighted by Crippen LogP contribution is 2.30. The van der Waals surface area contributed by atoms with Crippen LogP contribution in [0.1, 0.15) is 35.6 Å². The molecule has 2 rings (SSSR count). The van der Waals surface area contributed by atoms with E-state index in [9.17, 15) is 4.79 Å². The molecule has 0 aliphatic carbocycles. The third-order valence-electron chi connectivity index (χ3n) is 3.93. The van der Waals surface area contributed by atoms with Gasteiger partial charge in [0.05, 0.1) is 4.47 Å². The van der Waals surface area contributed by atoms with Crippen LogP contribution < -0.4 is 10.1 Å². The second-order valence-corrected chi connectivity index (χ2v) is 6.51. The average molecular weight is 376 g/mol. The third-order valence-corrected chi connectivity index (χ3v) is 4.55. The van der Waals surface area contributed by atoms with E-state index in [0.717, 1.165) is 27.0 Å². The Hall–Kier alpha value is -1.81. The van der Waals surface area contributed by atoms with Crippen LogP contribution in [-0.2, 0) is 11.4 Å². The molecule has 1 N–H and O–H groups in total. The van der Waals surface area contributed by atoms with Crippen molar-refractivity contribution in [3.63, 3.8) is 0 Å². The summed E-state index contributed by atoms with van der Waals surface area (Å²) in [7, 11) is 0. The molecule has 0 atom stereocenters. The molecule has 0 fully saturated rings. The van der Waals surface area contributed by atoms with Crippen LogP contribution in [0.5, 0.6) is 5.75 Å². The van der Waals surface area contributed by atoms with Crippen molar-refractivity contribution in [1.29, 1.82) is 0 Å². The van der Waals surface area contributed by atoms with Gasteiger partial charge in [0.25, 0.3) is 0 Å². The van der Waals surface area contributed by atoms with Gasteiger partial charge < -0.3 is 10.1 Å². The molecule has 0 saturated carbocycles. The number of amides is 1. The van der Waals surface area contributed by atoms with E-state index in [0.29, 0.717) is 13.0 Å². The highest BCUT2D eigenvalue weighted by molar-refractivity contribution is 9.10. The highest BCUT2D eigenvalue weighted by Gasteiger charge is 2.11. The molecule has 0 aromatic heterocycles. The first-order valence-electron chi connectivity index (χ1n) is 7.70. The number of aryl methyl sites for hydroxylation is 3. The second-order valence-electron chi connectivity index (χ2n) is 5.66. The van der Waals surface area contributed by atoms with Crippen molar-refractivity contribution < 1.29 is 9.53 Å². The number of halogens is 1. The van der Waals surface area contributed by atoms with Gasteiger partial charge in [-0.25, -0.2) is 0 Å². The minimum atomic E-state index is 0.00390. The van der Waals surface area contributed by atoms with Gasteiger partial charge in [-0.15, -0.1) is 0 Å². The van der Waals surface area contributed by atoms with E-state index >= 15 is 0 Å². The Bertz CT molecular complexity index is 726. The van der Waals surface area contributed by atoms with Gasteiger partial charge in [-0.2, -0.15) is 0 Å². The molecular formula is C19H22BrNO2. The Balaban J connectivity index is 2.23. The van der Waals surface area contributed by atoms with Crippen LogP contribution in [0.15, 0.2) is 34.8 Å². The molecule has 122 valence electrons. The van der Waals surface area contributed by atoms with Crippen molar-refractivity contribution in [3.05, 3.63) is 57.1 Å². The van der Waals surface area contributed by atoms with E-state index in [1.807, 2.05) is 38.1 Å². The molecule has 0 aliphatic heterocycles. The molecule has 0 saturated heterocycles. The van der Waals surface area contributed by atoms with E-state index in [4.69, 9.17) is 4.74 Å². The maximum atomic E-state index is 11.7. The van der Waals surface area contributed by atoms with Crippen molar-refractivity contribution in [1.82, 2.24) is 0 Å². The number of benzene rings is 2. The number of rotatable bonds is 5. The maximum Gasteiger partial charge on any atom is 0.224 e. The fourth-order valence-corrected chi connectivity index (χ4v) is 2.84. The van der Waals surface area contributed by atoms with Crippen LogP contribution in [0.4, 0.5) is 5.69 Å². The lowest BCUT2D eigenvalue weighted by Crippen LogP contribution is -2.13. The van der Waals surface area contributed by atoms with Crippen LogP contribution >= 0.6 is 15.9 Å². The van der Waals surface area contributed by atoms with Gasteiger partial charge in [0.1, 0.15) is 12.4 Å². The number of ether oxygens (including phenoxy) is 1. The first kappa shape index (κ1) is 17.5. The lowest BCUT2D eigenvalue weighted by Gasteiger charge is -2.16. The van der Waals surface area contributed by atoms with Crippen molar-refractivity contribution in [2.24, 2.45) is 0 Å². The van der Waals surface area contributed by atoms with E-state index < -0.39 is 0 Å². The van der Waals surface area contributed by atoms with Crippen LogP contribution in [0, 0.1) is 20.8 Å². The van der Waals surface area contributed by atoms with Gasteiger partial charge in [-0.05, 0) is 71.6 Å². The Morgan fingerprint density at radius 1 is 1.13 bits per heavy atom.